The number of phenolic OH excluding ortho intramolecular Hbond substituents is 1. The Balaban J connectivity index is 2.76. The maximum atomic E-state index is 12.1. The van der Waals surface area contributed by atoms with Crippen LogP contribution in [0.25, 0.3) is 0 Å². The largest absolute Gasteiger partial charge is 0.508 e. The highest BCUT2D eigenvalue weighted by Crippen LogP contribution is 2.18. The molecule has 1 atom stereocenters. The number of nitrogens with one attached hydrogen (secondary N) is 1. The Kier molecular flexibility index (Phi) is 4.92. The summed E-state index contributed by atoms with van der Waals surface area (Å²) in [7, 11) is 3.21. The van der Waals surface area contributed by atoms with Crippen LogP contribution in [-0.4, -0.2) is 42.5 Å². The van der Waals surface area contributed by atoms with Crippen LogP contribution in [0.5, 0.6) is 5.75 Å². The third-order valence-corrected chi connectivity index (χ3v) is 3.04. The van der Waals surface area contributed by atoms with E-state index >= 15 is 0 Å². The minimum atomic E-state index is -0.280. The molecule has 0 saturated carbocycles. The molecule has 5 nitrogen and oxygen atoms in total. The summed E-state index contributed by atoms with van der Waals surface area (Å²) in [5, 5.41) is 12.2. The second kappa shape index (κ2) is 6.22. The molecule has 104 valence electrons. The van der Waals surface area contributed by atoms with Crippen molar-refractivity contribution in [1.29, 1.82) is 0 Å². The summed E-state index contributed by atoms with van der Waals surface area (Å²) >= 11 is 0. The summed E-state index contributed by atoms with van der Waals surface area (Å²) in [4.78, 5) is 25.0. The monoisotopic (exact) mass is 264 g/mol. The number of aryl methyl sites for hydroxylation is 1. The van der Waals surface area contributed by atoms with Gasteiger partial charge in [-0.05, 0) is 24.6 Å². The van der Waals surface area contributed by atoms with E-state index in [0.717, 1.165) is 5.56 Å². The molecule has 0 spiro atoms. The van der Waals surface area contributed by atoms with Crippen LogP contribution < -0.4 is 5.32 Å². The SMILES string of the molecule is CNC(=O)C(C)CN(C)C(=O)c1ccc(C)c(O)c1. The Morgan fingerprint density at radius 1 is 1.42 bits per heavy atom. The van der Waals surface area contributed by atoms with E-state index in [2.05, 4.69) is 5.32 Å². The highest BCUT2D eigenvalue weighted by Gasteiger charge is 2.18. The molecule has 0 aliphatic rings. The van der Waals surface area contributed by atoms with Crippen LogP contribution in [0.15, 0.2) is 18.2 Å². The fraction of sp³-hybridized carbons (Fsp3) is 0.429. The molecule has 1 aromatic rings. The lowest BCUT2D eigenvalue weighted by molar-refractivity contribution is -0.124. The zero-order valence-corrected chi connectivity index (χ0v) is 11.7. The lowest BCUT2D eigenvalue weighted by Gasteiger charge is -2.21. The minimum absolute atomic E-state index is 0.0959. The van der Waals surface area contributed by atoms with Crippen LogP contribution >= 0.6 is 0 Å². The summed E-state index contributed by atoms with van der Waals surface area (Å²) in [5.74, 6) is -0.506. The van der Waals surface area contributed by atoms with Crippen molar-refractivity contribution in [2.75, 3.05) is 20.6 Å². The van der Waals surface area contributed by atoms with Crippen LogP contribution in [0, 0.1) is 12.8 Å². The lowest BCUT2D eigenvalue weighted by Crippen LogP contribution is -2.37. The molecule has 0 radical (unpaired) electrons. The molecule has 0 aliphatic heterocycles. The van der Waals surface area contributed by atoms with Crippen molar-refractivity contribution in [3.05, 3.63) is 29.3 Å². The summed E-state index contributed by atoms with van der Waals surface area (Å²) in [6.45, 7) is 3.85. The number of carbonyl (C=O) groups is 2. The van der Waals surface area contributed by atoms with Crippen molar-refractivity contribution in [3.63, 3.8) is 0 Å². The van der Waals surface area contributed by atoms with Gasteiger partial charge in [0.2, 0.25) is 5.91 Å². The van der Waals surface area contributed by atoms with Crippen molar-refractivity contribution < 1.29 is 14.7 Å². The third-order valence-electron chi connectivity index (χ3n) is 3.04. The quantitative estimate of drug-likeness (QED) is 0.857. The first-order valence-electron chi connectivity index (χ1n) is 6.13. The van der Waals surface area contributed by atoms with Gasteiger partial charge in [0.05, 0.1) is 5.92 Å². The smallest absolute Gasteiger partial charge is 0.253 e. The van der Waals surface area contributed by atoms with Gasteiger partial charge >= 0.3 is 0 Å². The van der Waals surface area contributed by atoms with E-state index in [1.807, 2.05) is 0 Å². The molecule has 0 bridgehead atoms. The number of benzene rings is 1. The molecular formula is C14H20N2O3. The van der Waals surface area contributed by atoms with Crippen LogP contribution in [0.2, 0.25) is 0 Å². The number of carbonyl (C=O) groups excluding carboxylic acids is 2. The van der Waals surface area contributed by atoms with Crippen LogP contribution in [0.1, 0.15) is 22.8 Å². The molecule has 0 fully saturated rings. The normalized spacial score (nSPS) is 11.8. The van der Waals surface area contributed by atoms with Gasteiger partial charge in [-0.3, -0.25) is 9.59 Å². The molecule has 0 heterocycles. The Labute approximate surface area is 113 Å². The van der Waals surface area contributed by atoms with Crippen molar-refractivity contribution in [1.82, 2.24) is 10.2 Å². The number of nitrogens with zero attached hydrogens (tertiary/aromatic N) is 1. The lowest BCUT2D eigenvalue weighted by atomic mass is 10.1. The van der Waals surface area contributed by atoms with Gasteiger partial charge in [0.25, 0.3) is 5.91 Å². The van der Waals surface area contributed by atoms with Gasteiger partial charge < -0.3 is 15.3 Å². The van der Waals surface area contributed by atoms with E-state index in [9.17, 15) is 14.7 Å². The highest BCUT2D eigenvalue weighted by atomic mass is 16.3. The first-order valence-corrected chi connectivity index (χ1v) is 6.13. The zero-order valence-electron chi connectivity index (χ0n) is 11.7. The Morgan fingerprint density at radius 2 is 2.05 bits per heavy atom. The summed E-state index contributed by atoms with van der Waals surface area (Å²) in [5.41, 5.74) is 1.13. The van der Waals surface area contributed by atoms with Gasteiger partial charge in [0.15, 0.2) is 0 Å². The fourth-order valence-electron chi connectivity index (χ4n) is 1.79. The third kappa shape index (κ3) is 3.71. The molecule has 5 heteroatoms. The predicted molar refractivity (Wildman–Crippen MR) is 73.0 cm³/mol. The fourth-order valence-corrected chi connectivity index (χ4v) is 1.79. The van der Waals surface area contributed by atoms with Gasteiger partial charge in [-0.25, -0.2) is 0 Å². The second-order valence-corrected chi connectivity index (χ2v) is 4.70. The van der Waals surface area contributed by atoms with Crippen molar-refractivity contribution in [2.24, 2.45) is 5.92 Å². The van der Waals surface area contributed by atoms with E-state index in [-0.39, 0.29) is 23.5 Å². The Bertz CT molecular complexity index is 486. The van der Waals surface area contributed by atoms with E-state index in [4.69, 9.17) is 0 Å². The molecule has 1 aromatic carbocycles. The molecule has 1 unspecified atom stereocenters. The van der Waals surface area contributed by atoms with E-state index in [0.29, 0.717) is 12.1 Å². The van der Waals surface area contributed by atoms with Crippen LogP contribution in [0.3, 0.4) is 0 Å². The number of hydrogen-bond acceptors (Lipinski definition) is 3. The number of aromatic hydroxyl groups is 1. The van der Waals surface area contributed by atoms with Gasteiger partial charge in [0, 0.05) is 26.2 Å². The topological polar surface area (TPSA) is 69.6 Å². The zero-order chi connectivity index (χ0) is 14.6. The van der Waals surface area contributed by atoms with Gasteiger partial charge in [0.1, 0.15) is 5.75 Å². The average molecular weight is 264 g/mol. The second-order valence-electron chi connectivity index (χ2n) is 4.70. The van der Waals surface area contributed by atoms with Gasteiger partial charge in [-0.15, -0.1) is 0 Å². The average Bonchev–Trinajstić information content (AvgIpc) is 2.39. The molecular weight excluding hydrogens is 244 g/mol. The Hall–Kier alpha value is -2.04. The van der Waals surface area contributed by atoms with Gasteiger partial charge in [-0.1, -0.05) is 13.0 Å². The summed E-state index contributed by atoms with van der Waals surface area (Å²) in [6.07, 6.45) is 0. The Morgan fingerprint density at radius 3 is 2.58 bits per heavy atom. The molecule has 0 aliphatic carbocycles. The summed E-state index contributed by atoms with van der Waals surface area (Å²) < 4.78 is 0. The van der Waals surface area contributed by atoms with Crippen LogP contribution in [-0.2, 0) is 4.79 Å². The molecule has 0 saturated heterocycles. The number of amides is 2. The van der Waals surface area contributed by atoms with Gasteiger partial charge in [-0.2, -0.15) is 0 Å². The van der Waals surface area contributed by atoms with E-state index in [1.54, 1.807) is 40.1 Å². The molecule has 2 amide bonds. The standard InChI is InChI=1S/C14H20N2O3/c1-9-5-6-11(7-12(9)17)14(19)16(4)8-10(2)13(18)15-3/h5-7,10,17H,8H2,1-4H3,(H,15,18). The first kappa shape index (κ1) is 15.0. The predicted octanol–water partition coefficient (Wildman–Crippen LogP) is 1.15. The molecule has 19 heavy (non-hydrogen) atoms. The maximum absolute atomic E-state index is 12.1. The number of rotatable bonds is 4. The van der Waals surface area contributed by atoms with Crippen molar-refractivity contribution in [2.45, 2.75) is 13.8 Å². The molecule has 0 aromatic heterocycles. The molecule has 1 rings (SSSR count). The summed E-state index contributed by atoms with van der Waals surface area (Å²) in [6, 6.07) is 4.80. The van der Waals surface area contributed by atoms with E-state index < -0.39 is 0 Å². The van der Waals surface area contributed by atoms with E-state index in [1.165, 1.54) is 11.0 Å². The number of hydrogen-bond donors (Lipinski definition) is 2. The van der Waals surface area contributed by atoms with Crippen LogP contribution in [0.4, 0.5) is 0 Å². The minimum Gasteiger partial charge on any atom is -0.508 e. The first-order chi connectivity index (χ1) is 8.86. The highest BCUT2D eigenvalue weighted by molar-refractivity contribution is 5.94. The number of phenols is 1. The molecule has 2 N–H and O–H groups in total. The maximum Gasteiger partial charge on any atom is 0.253 e. The van der Waals surface area contributed by atoms with Crippen molar-refractivity contribution in [3.8, 4) is 5.75 Å². The van der Waals surface area contributed by atoms with Crippen molar-refractivity contribution >= 4 is 11.8 Å².